The number of carbonyl (C=O) groups is 1. The van der Waals surface area contributed by atoms with Gasteiger partial charge in [-0.15, -0.1) is 0 Å². The first kappa shape index (κ1) is 18.0. The number of nitrogens with zero attached hydrogens (tertiary/aromatic N) is 3. The summed E-state index contributed by atoms with van der Waals surface area (Å²) in [6, 6.07) is 7.44. The van der Waals surface area contributed by atoms with E-state index in [-0.39, 0.29) is 18.1 Å². The van der Waals surface area contributed by atoms with E-state index in [9.17, 15) is 4.79 Å². The minimum absolute atomic E-state index is 0.00258. The van der Waals surface area contributed by atoms with Crippen molar-refractivity contribution in [1.82, 2.24) is 20.0 Å². The molecule has 3 heterocycles. The maximum Gasteiger partial charge on any atom is 0.255 e. The van der Waals surface area contributed by atoms with Crippen LogP contribution in [0.4, 0.5) is 0 Å². The number of hydrogen-bond donors (Lipinski definition) is 1. The van der Waals surface area contributed by atoms with E-state index >= 15 is 0 Å². The summed E-state index contributed by atoms with van der Waals surface area (Å²) >= 11 is 0. The first-order chi connectivity index (χ1) is 13.2. The second kappa shape index (κ2) is 8.10. The quantitative estimate of drug-likeness (QED) is 0.870. The lowest BCUT2D eigenvalue weighted by Crippen LogP contribution is -2.34. The molecule has 1 fully saturated rings. The third kappa shape index (κ3) is 4.31. The van der Waals surface area contributed by atoms with Crippen LogP contribution >= 0.6 is 0 Å². The number of benzene rings is 1. The molecule has 2 atom stereocenters. The van der Waals surface area contributed by atoms with Crippen molar-refractivity contribution in [3.05, 3.63) is 47.8 Å². The Bertz CT molecular complexity index is 791. The van der Waals surface area contributed by atoms with Crippen molar-refractivity contribution in [1.29, 1.82) is 0 Å². The zero-order valence-corrected chi connectivity index (χ0v) is 15.6. The highest BCUT2D eigenvalue weighted by atomic mass is 16.5. The molecule has 1 aromatic heterocycles. The van der Waals surface area contributed by atoms with Crippen LogP contribution in [0.2, 0.25) is 0 Å². The number of likely N-dealkylation sites (tertiary alicyclic amines) is 1. The van der Waals surface area contributed by atoms with Gasteiger partial charge in [-0.2, -0.15) is 5.10 Å². The summed E-state index contributed by atoms with van der Waals surface area (Å²) in [5.41, 5.74) is 1.76. The molecular weight excluding hydrogens is 344 g/mol. The lowest BCUT2D eigenvalue weighted by atomic mass is 10.1. The predicted molar refractivity (Wildman–Crippen MR) is 101 cm³/mol. The normalized spacial score (nSPS) is 24.1. The Labute approximate surface area is 159 Å². The molecule has 0 spiro atoms. The molecule has 1 aromatic carbocycles. The molecule has 2 aliphatic heterocycles. The van der Waals surface area contributed by atoms with Crippen molar-refractivity contribution in [2.24, 2.45) is 7.05 Å². The molecule has 2 aromatic rings. The monoisotopic (exact) mass is 370 g/mol. The summed E-state index contributed by atoms with van der Waals surface area (Å²) in [5.74, 6) is 0.547. The van der Waals surface area contributed by atoms with Gasteiger partial charge in [0.25, 0.3) is 5.91 Å². The van der Waals surface area contributed by atoms with Gasteiger partial charge in [0.15, 0.2) is 0 Å². The molecule has 2 aliphatic rings. The Morgan fingerprint density at radius 3 is 2.93 bits per heavy atom. The largest absolute Gasteiger partial charge is 0.485 e. The molecule has 7 nitrogen and oxygen atoms in total. The van der Waals surface area contributed by atoms with Crippen molar-refractivity contribution in [3.8, 4) is 5.75 Å². The molecule has 1 saturated heterocycles. The number of fused-ring (bicyclic) bond motifs is 2. The van der Waals surface area contributed by atoms with E-state index in [4.69, 9.17) is 9.47 Å². The topological polar surface area (TPSA) is 68.6 Å². The van der Waals surface area contributed by atoms with E-state index in [1.165, 1.54) is 5.56 Å². The number of amides is 1. The van der Waals surface area contributed by atoms with Gasteiger partial charge in [0.05, 0.1) is 11.8 Å². The third-order valence-corrected chi connectivity index (χ3v) is 5.05. The van der Waals surface area contributed by atoms with Gasteiger partial charge < -0.3 is 14.8 Å². The zero-order chi connectivity index (χ0) is 18.6. The highest BCUT2D eigenvalue weighted by Gasteiger charge is 2.36. The van der Waals surface area contributed by atoms with E-state index < -0.39 is 0 Å². The predicted octanol–water partition coefficient (Wildman–Crippen LogP) is 1.59. The van der Waals surface area contributed by atoms with Crippen LogP contribution in [0.15, 0.2) is 36.7 Å². The number of aromatic nitrogens is 2. The Balaban J connectivity index is 1.52. The highest BCUT2D eigenvalue weighted by molar-refractivity contribution is 5.96. The van der Waals surface area contributed by atoms with Gasteiger partial charge in [-0.1, -0.05) is 12.1 Å². The standard InChI is InChI=1S/C20H26N4O3/c1-23-11-15(10-22-23)12-24-13-18-19(14-24)27-17-7-3-2-6-16(17)20(25)21-8-4-5-9-26-18/h2-3,6-7,10-11,18-19H,4-5,8-9,12-14H2,1H3,(H,21,25)/t18-,19+/m0/s1. The van der Waals surface area contributed by atoms with Crippen molar-refractivity contribution in [3.63, 3.8) is 0 Å². The smallest absolute Gasteiger partial charge is 0.255 e. The van der Waals surface area contributed by atoms with Gasteiger partial charge in [-0.05, 0) is 25.0 Å². The minimum Gasteiger partial charge on any atom is -0.485 e. The lowest BCUT2D eigenvalue weighted by molar-refractivity contribution is -0.000373. The fourth-order valence-electron chi connectivity index (χ4n) is 3.71. The third-order valence-electron chi connectivity index (χ3n) is 5.05. The zero-order valence-electron chi connectivity index (χ0n) is 15.6. The molecule has 27 heavy (non-hydrogen) atoms. The Morgan fingerprint density at radius 2 is 2.07 bits per heavy atom. The van der Waals surface area contributed by atoms with Gasteiger partial charge in [-0.25, -0.2) is 0 Å². The van der Waals surface area contributed by atoms with E-state index in [1.54, 1.807) is 0 Å². The summed E-state index contributed by atoms with van der Waals surface area (Å²) < 4.78 is 14.3. The number of rotatable bonds is 2. The number of carbonyl (C=O) groups excluding carboxylic acids is 1. The van der Waals surface area contributed by atoms with Crippen LogP contribution in [-0.4, -0.2) is 59.0 Å². The fraction of sp³-hybridized carbons (Fsp3) is 0.500. The van der Waals surface area contributed by atoms with E-state index in [1.807, 2.05) is 48.4 Å². The average molecular weight is 370 g/mol. The molecule has 0 bridgehead atoms. The molecule has 4 rings (SSSR count). The van der Waals surface area contributed by atoms with Crippen LogP contribution in [0.1, 0.15) is 28.8 Å². The molecule has 0 unspecified atom stereocenters. The number of ether oxygens (including phenoxy) is 2. The van der Waals surface area contributed by atoms with Crippen LogP contribution in [0.3, 0.4) is 0 Å². The van der Waals surface area contributed by atoms with Crippen LogP contribution in [-0.2, 0) is 18.3 Å². The molecule has 1 amide bonds. The van der Waals surface area contributed by atoms with E-state index in [2.05, 4.69) is 15.3 Å². The Hall–Kier alpha value is -2.38. The SMILES string of the molecule is Cn1cc(CN2C[C@@H]3OCCCCNC(=O)c4ccccc4O[C@@H]3C2)cn1. The summed E-state index contributed by atoms with van der Waals surface area (Å²) in [4.78, 5) is 14.8. The van der Waals surface area contributed by atoms with Gasteiger partial charge in [0, 0.05) is 51.6 Å². The van der Waals surface area contributed by atoms with Gasteiger partial charge >= 0.3 is 0 Å². The highest BCUT2D eigenvalue weighted by Crippen LogP contribution is 2.25. The molecule has 7 heteroatoms. The second-order valence-corrected chi connectivity index (χ2v) is 7.24. The van der Waals surface area contributed by atoms with Crippen molar-refractivity contribution < 1.29 is 14.3 Å². The number of aryl methyl sites for hydroxylation is 1. The number of para-hydroxylation sites is 1. The number of hydrogen-bond acceptors (Lipinski definition) is 5. The Morgan fingerprint density at radius 1 is 1.22 bits per heavy atom. The summed E-state index contributed by atoms with van der Waals surface area (Å²) in [5, 5.41) is 7.21. The summed E-state index contributed by atoms with van der Waals surface area (Å²) in [6.45, 7) is 3.72. The second-order valence-electron chi connectivity index (χ2n) is 7.24. The van der Waals surface area contributed by atoms with Crippen LogP contribution in [0.25, 0.3) is 0 Å². The molecule has 1 N–H and O–H groups in total. The summed E-state index contributed by atoms with van der Waals surface area (Å²) in [7, 11) is 1.93. The first-order valence-corrected chi connectivity index (χ1v) is 9.54. The number of nitrogens with one attached hydrogen (secondary N) is 1. The van der Waals surface area contributed by atoms with E-state index in [0.717, 1.165) is 32.5 Å². The van der Waals surface area contributed by atoms with Gasteiger partial charge in [0.1, 0.15) is 18.0 Å². The lowest BCUT2D eigenvalue weighted by Gasteiger charge is -2.23. The maximum atomic E-state index is 12.5. The first-order valence-electron chi connectivity index (χ1n) is 9.54. The van der Waals surface area contributed by atoms with E-state index in [0.29, 0.717) is 24.5 Å². The molecule has 0 aliphatic carbocycles. The van der Waals surface area contributed by atoms with Crippen LogP contribution < -0.4 is 10.1 Å². The molecule has 144 valence electrons. The maximum absolute atomic E-state index is 12.5. The van der Waals surface area contributed by atoms with Crippen molar-refractivity contribution in [2.45, 2.75) is 31.6 Å². The van der Waals surface area contributed by atoms with Crippen molar-refractivity contribution >= 4 is 5.91 Å². The fourth-order valence-corrected chi connectivity index (χ4v) is 3.71. The average Bonchev–Trinajstić information content (AvgIpc) is 3.23. The summed E-state index contributed by atoms with van der Waals surface area (Å²) in [6.07, 6.45) is 5.66. The van der Waals surface area contributed by atoms with Crippen molar-refractivity contribution in [2.75, 3.05) is 26.2 Å². The van der Waals surface area contributed by atoms with Gasteiger partial charge in [-0.3, -0.25) is 14.4 Å². The van der Waals surface area contributed by atoms with Crippen LogP contribution in [0.5, 0.6) is 5.75 Å². The van der Waals surface area contributed by atoms with Gasteiger partial charge in [0.2, 0.25) is 0 Å². The molecule has 0 saturated carbocycles. The molecule has 0 radical (unpaired) electrons. The molecular formula is C20H26N4O3. The Kier molecular flexibility index (Phi) is 5.40. The minimum atomic E-state index is -0.102. The van der Waals surface area contributed by atoms with Crippen LogP contribution in [0, 0.1) is 0 Å².